The minimum Gasteiger partial charge on any atom is -0.508 e. The van der Waals surface area contributed by atoms with Crippen LogP contribution in [0.25, 0.3) is 0 Å². The van der Waals surface area contributed by atoms with E-state index in [2.05, 4.69) is 26.0 Å². The molecule has 1 heteroatoms. The van der Waals surface area contributed by atoms with Crippen molar-refractivity contribution in [2.75, 3.05) is 0 Å². The zero-order valence-electron chi connectivity index (χ0n) is 14.2. The molecule has 21 heavy (non-hydrogen) atoms. The molecule has 0 heterocycles. The van der Waals surface area contributed by atoms with E-state index in [9.17, 15) is 5.11 Å². The van der Waals surface area contributed by atoms with Crippen molar-refractivity contribution in [1.82, 2.24) is 0 Å². The largest absolute Gasteiger partial charge is 0.508 e. The zero-order valence-corrected chi connectivity index (χ0v) is 14.2. The Morgan fingerprint density at radius 1 is 0.714 bits per heavy atom. The van der Waals surface area contributed by atoms with Crippen LogP contribution in [-0.2, 0) is 12.8 Å². The van der Waals surface area contributed by atoms with Crippen molar-refractivity contribution in [2.24, 2.45) is 0 Å². The summed E-state index contributed by atoms with van der Waals surface area (Å²) in [5.74, 6) is 0.484. The summed E-state index contributed by atoms with van der Waals surface area (Å²) in [6.07, 6.45) is 15.3. The smallest absolute Gasteiger partial charge is 0.118 e. The van der Waals surface area contributed by atoms with Gasteiger partial charge in [-0.15, -0.1) is 0 Å². The number of benzene rings is 1. The lowest BCUT2D eigenvalue weighted by molar-refractivity contribution is 0.466. The van der Waals surface area contributed by atoms with E-state index in [1.165, 1.54) is 69.8 Å². The molecule has 0 saturated carbocycles. The number of hydrogen-bond acceptors (Lipinski definition) is 1. The van der Waals surface area contributed by atoms with Crippen LogP contribution in [0.15, 0.2) is 18.2 Å². The molecule has 0 saturated heterocycles. The SMILES string of the molecule is CCCCCCCCc1ccc(O)c(CCCCCC)c1. The van der Waals surface area contributed by atoms with Crippen LogP contribution in [0.2, 0.25) is 0 Å². The van der Waals surface area contributed by atoms with E-state index in [-0.39, 0.29) is 0 Å². The van der Waals surface area contributed by atoms with Crippen molar-refractivity contribution in [2.45, 2.75) is 90.9 Å². The van der Waals surface area contributed by atoms with Crippen molar-refractivity contribution in [3.63, 3.8) is 0 Å². The molecule has 1 aromatic rings. The molecule has 0 aromatic heterocycles. The molecule has 0 spiro atoms. The second kappa shape index (κ2) is 11.7. The Bertz CT molecular complexity index is 370. The van der Waals surface area contributed by atoms with E-state index in [4.69, 9.17) is 0 Å². The Balaban J connectivity index is 2.31. The minimum absolute atomic E-state index is 0.484. The van der Waals surface area contributed by atoms with Crippen LogP contribution >= 0.6 is 0 Å². The molecule has 0 aliphatic carbocycles. The van der Waals surface area contributed by atoms with Gasteiger partial charge in [-0.2, -0.15) is 0 Å². The highest BCUT2D eigenvalue weighted by Gasteiger charge is 2.03. The van der Waals surface area contributed by atoms with Gasteiger partial charge in [0.25, 0.3) is 0 Å². The normalized spacial score (nSPS) is 11.0. The number of unbranched alkanes of at least 4 members (excludes halogenated alkanes) is 8. The number of phenolic OH excluding ortho intramolecular Hbond substituents is 1. The lowest BCUT2D eigenvalue weighted by Crippen LogP contribution is -1.92. The van der Waals surface area contributed by atoms with Crippen LogP contribution in [0.4, 0.5) is 0 Å². The zero-order chi connectivity index (χ0) is 15.3. The van der Waals surface area contributed by atoms with Crippen LogP contribution in [-0.4, -0.2) is 5.11 Å². The third kappa shape index (κ3) is 8.14. The van der Waals surface area contributed by atoms with Crippen LogP contribution < -0.4 is 0 Å². The monoisotopic (exact) mass is 290 g/mol. The average molecular weight is 290 g/mol. The van der Waals surface area contributed by atoms with Gasteiger partial charge in [0.15, 0.2) is 0 Å². The van der Waals surface area contributed by atoms with Gasteiger partial charge in [-0.3, -0.25) is 0 Å². The highest BCUT2D eigenvalue weighted by Crippen LogP contribution is 2.22. The van der Waals surface area contributed by atoms with Crippen molar-refractivity contribution in [3.8, 4) is 5.75 Å². The van der Waals surface area contributed by atoms with Crippen LogP contribution in [0.1, 0.15) is 89.2 Å². The predicted octanol–water partition coefficient (Wildman–Crippen LogP) is 6.42. The Hall–Kier alpha value is -0.980. The molecule has 1 N–H and O–H groups in total. The highest BCUT2D eigenvalue weighted by molar-refractivity contribution is 5.36. The summed E-state index contributed by atoms with van der Waals surface area (Å²) in [7, 11) is 0. The van der Waals surface area contributed by atoms with E-state index in [0.29, 0.717) is 5.75 Å². The average Bonchev–Trinajstić information content (AvgIpc) is 2.50. The topological polar surface area (TPSA) is 20.2 Å². The summed E-state index contributed by atoms with van der Waals surface area (Å²) in [4.78, 5) is 0. The maximum absolute atomic E-state index is 9.96. The molecule has 0 unspecified atom stereocenters. The van der Waals surface area contributed by atoms with Gasteiger partial charge < -0.3 is 5.11 Å². The molecule has 0 bridgehead atoms. The minimum atomic E-state index is 0.484. The fourth-order valence-corrected chi connectivity index (χ4v) is 2.85. The molecule has 0 radical (unpaired) electrons. The lowest BCUT2D eigenvalue weighted by atomic mass is 9.99. The number of hydrogen-bond donors (Lipinski definition) is 1. The van der Waals surface area contributed by atoms with Crippen molar-refractivity contribution in [3.05, 3.63) is 29.3 Å². The molecule has 0 amide bonds. The van der Waals surface area contributed by atoms with Gasteiger partial charge in [0, 0.05) is 0 Å². The second-order valence-electron chi connectivity index (χ2n) is 6.29. The van der Waals surface area contributed by atoms with Gasteiger partial charge in [0.05, 0.1) is 0 Å². The Labute approximate surface area is 131 Å². The Kier molecular flexibility index (Phi) is 10.0. The van der Waals surface area contributed by atoms with Gasteiger partial charge in [-0.25, -0.2) is 0 Å². The number of aromatic hydroxyl groups is 1. The molecule has 0 aliphatic heterocycles. The maximum Gasteiger partial charge on any atom is 0.118 e. The molecular formula is C20H34O. The molecule has 0 aliphatic rings. The summed E-state index contributed by atoms with van der Waals surface area (Å²) >= 11 is 0. The molecule has 0 fully saturated rings. The van der Waals surface area contributed by atoms with Crippen LogP contribution in [0, 0.1) is 0 Å². The van der Waals surface area contributed by atoms with Gasteiger partial charge in [-0.05, 0) is 42.9 Å². The first-order chi connectivity index (χ1) is 10.3. The fourth-order valence-electron chi connectivity index (χ4n) is 2.85. The first-order valence-electron chi connectivity index (χ1n) is 9.08. The van der Waals surface area contributed by atoms with Gasteiger partial charge in [0.1, 0.15) is 5.75 Å². The van der Waals surface area contributed by atoms with Gasteiger partial charge >= 0.3 is 0 Å². The molecule has 1 rings (SSSR count). The number of phenols is 1. The van der Waals surface area contributed by atoms with E-state index in [0.717, 1.165) is 18.4 Å². The standard InChI is InChI=1S/C20H34O/c1-3-5-7-9-10-11-13-18-15-16-20(21)19(17-18)14-12-8-6-4-2/h15-17,21H,3-14H2,1-2H3. The van der Waals surface area contributed by atoms with Crippen LogP contribution in [0.3, 0.4) is 0 Å². The van der Waals surface area contributed by atoms with E-state index < -0.39 is 0 Å². The number of aryl methyl sites for hydroxylation is 2. The lowest BCUT2D eigenvalue weighted by Gasteiger charge is -2.08. The summed E-state index contributed by atoms with van der Waals surface area (Å²) in [5.41, 5.74) is 2.54. The summed E-state index contributed by atoms with van der Waals surface area (Å²) in [6.45, 7) is 4.50. The van der Waals surface area contributed by atoms with Crippen molar-refractivity contribution < 1.29 is 5.11 Å². The van der Waals surface area contributed by atoms with E-state index in [1.54, 1.807) is 0 Å². The molecule has 1 aromatic carbocycles. The van der Waals surface area contributed by atoms with Crippen molar-refractivity contribution >= 4 is 0 Å². The maximum atomic E-state index is 9.96. The van der Waals surface area contributed by atoms with Gasteiger partial charge in [-0.1, -0.05) is 77.3 Å². The third-order valence-electron chi connectivity index (χ3n) is 4.26. The predicted molar refractivity (Wildman–Crippen MR) is 93.0 cm³/mol. The summed E-state index contributed by atoms with van der Waals surface area (Å²) in [6, 6.07) is 6.21. The highest BCUT2D eigenvalue weighted by atomic mass is 16.3. The summed E-state index contributed by atoms with van der Waals surface area (Å²) in [5, 5.41) is 9.96. The fraction of sp³-hybridized carbons (Fsp3) is 0.700. The van der Waals surface area contributed by atoms with Gasteiger partial charge in [0.2, 0.25) is 0 Å². The van der Waals surface area contributed by atoms with E-state index in [1.807, 2.05) is 6.07 Å². The number of rotatable bonds is 12. The van der Waals surface area contributed by atoms with Crippen LogP contribution in [0.5, 0.6) is 5.75 Å². The van der Waals surface area contributed by atoms with E-state index >= 15 is 0 Å². The first kappa shape index (κ1) is 18.1. The Morgan fingerprint density at radius 2 is 1.29 bits per heavy atom. The second-order valence-corrected chi connectivity index (χ2v) is 6.29. The quantitative estimate of drug-likeness (QED) is 0.440. The molecule has 1 nitrogen and oxygen atoms in total. The molecule has 0 atom stereocenters. The Morgan fingerprint density at radius 3 is 2.00 bits per heavy atom. The van der Waals surface area contributed by atoms with Crippen molar-refractivity contribution in [1.29, 1.82) is 0 Å². The summed E-state index contributed by atoms with van der Waals surface area (Å²) < 4.78 is 0. The first-order valence-corrected chi connectivity index (χ1v) is 9.08. The molecular weight excluding hydrogens is 256 g/mol. The third-order valence-corrected chi connectivity index (χ3v) is 4.26. The molecule has 120 valence electrons.